The van der Waals surface area contributed by atoms with Crippen molar-refractivity contribution < 1.29 is 4.79 Å². The fraction of sp³-hybridized carbons (Fsp3) is 0.111. The Morgan fingerprint density at radius 1 is 1.09 bits per heavy atom. The van der Waals surface area contributed by atoms with Crippen molar-refractivity contribution in [1.29, 1.82) is 0 Å². The second-order valence-electron chi connectivity index (χ2n) is 5.33. The summed E-state index contributed by atoms with van der Waals surface area (Å²) >= 11 is 5.53. The summed E-state index contributed by atoms with van der Waals surface area (Å²) in [5, 5.41) is 3.79. The lowest BCUT2D eigenvalue weighted by Crippen LogP contribution is -2.48. The van der Waals surface area contributed by atoms with E-state index in [1.54, 1.807) is 0 Å². The van der Waals surface area contributed by atoms with Crippen LogP contribution >= 0.6 is 12.2 Å². The quantitative estimate of drug-likeness (QED) is 0.853. The Bertz CT molecular complexity index is 771. The van der Waals surface area contributed by atoms with Gasteiger partial charge < -0.3 is 11.1 Å². The molecule has 0 aliphatic carbocycles. The predicted octanol–water partition coefficient (Wildman–Crippen LogP) is 2.88. The maximum absolute atomic E-state index is 12.1. The highest BCUT2D eigenvalue weighted by Crippen LogP contribution is 2.32. The third kappa shape index (κ3) is 2.83. The standard InChI is InChI=1S/C18H17N3OS/c1-12-15(17(19)22)16(13-8-4-2-5-9-13)20-18(23)21(12)14-10-6-3-7-11-14/h2-11,16H,1H3,(H2,19,22)(H,20,23). The topological polar surface area (TPSA) is 58.4 Å². The summed E-state index contributed by atoms with van der Waals surface area (Å²) in [5.74, 6) is -0.452. The van der Waals surface area contributed by atoms with Gasteiger partial charge in [0.25, 0.3) is 0 Å². The highest BCUT2D eigenvalue weighted by molar-refractivity contribution is 7.80. The number of allylic oxidation sites excluding steroid dienone is 1. The van der Waals surface area contributed by atoms with Crippen LogP contribution in [0.3, 0.4) is 0 Å². The summed E-state index contributed by atoms with van der Waals surface area (Å²) in [7, 11) is 0. The van der Waals surface area contributed by atoms with Gasteiger partial charge in [0, 0.05) is 11.4 Å². The average Bonchev–Trinajstić information content (AvgIpc) is 2.55. The molecule has 3 rings (SSSR count). The molecule has 0 fully saturated rings. The van der Waals surface area contributed by atoms with Crippen LogP contribution in [0, 0.1) is 0 Å². The fourth-order valence-electron chi connectivity index (χ4n) is 2.85. The molecule has 23 heavy (non-hydrogen) atoms. The molecule has 0 radical (unpaired) electrons. The van der Waals surface area contributed by atoms with E-state index in [0.29, 0.717) is 10.7 Å². The van der Waals surface area contributed by atoms with Gasteiger partial charge in [-0.05, 0) is 36.8 Å². The van der Waals surface area contributed by atoms with Crippen molar-refractivity contribution >= 4 is 28.9 Å². The number of nitrogens with one attached hydrogen (secondary N) is 1. The monoisotopic (exact) mass is 323 g/mol. The molecule has 1 amide bonds. The summed E-state index contributed by atoms with van der Waals surface area (Å²) in [4.78, 5) is 13.9. The number of benzene rings is 2. The van der Waals surface area contributed by atoms with Gasteiger partial charge in [0.1, 0.15) is 0 Å². The first-order valence-electron chi connectivity index (χ1n) is 7.31. The molecule has 3 N–H and O–H groups in total. The maximum atomic E-state index is 12.1. The molecule has 0 saturated carbocycles. The van der Waals surface area contributed by atoms with Gasteiger partial charge in [0.05, 0.1) is 11.6 Å². The van der Waals surface area contributed by atoms with Gasteiger partial charge >= 0.3 is 0 Å². The van der Waals surface area contributed by atoms with Crippen LogP contribution in [0.25, 0.3) is 0 Å². The van der Waals surface area contributed by atoms with Gasteiger partial charge in [0.2, 0.25) is 5.91 Å². The molecule has 1 atom stereocenters. The number of thiocarbonyl (C=S) groups is 1. The Hall–Kier alpha value is -2.66. The van der Waals surface area contributed by atoms with E-state index >= 15 is 0 Å². The highest BCUT2D eigenvalue weighted by atomic mass is 32.1. The molecule has 1 aliphatic heterocycles. The van der Waals surface area contributed by atoms with Crippen LogP contribution in [0.4, 0.5) is 5.69 Å². The van der Waals surface area contributed by atoms with E-state index in [4.69, 9.17) is 18.0 Å². The van der Waals surface area contributed by atoms with Gasteiger partial charge in [-0.2, -0.15) is 0 Å². The molecule has 4 nitrogen and oxygen atoms in total. The van der Waals surface area contributed by atoms with Crippen molar-refractivity contribution in [3.05, 3.63) is 77.5 Å². The predicted molar refractivity (Wildman–Crippen MR) is 95.7 cm³/mol. The van der Waals surface area contributed by atoms with Crippen molar-refractivity contribution in [2.24, 2.45) is 5.73 Å². The molecule has 2 aromatic carbocycles. The summed E-state index contributed by atoms with van der Waals surface area (Å²) < 4.78 is 0. The third-order valence-electron chi connectivity index (χ3n) is 3.90. The van der Waals surface area contributed by atoms with Crippen LogP contribution in [0.5, 0.6) is 0 Å². The van der Waals surface area contributed by atoms with E-state index in [9.17, 15) is 4.79 Å². The Morgan fingerprint density at radius 2 is 1.65 bits per heavy atom. The zero-order chi connectivity index (χ0) is 16.4. The highest BCUT2D eigenvalue weighted by Gasteiger charge is 2.33. The van der Waals surface area contributed by atoms with Gasteiger partial charge in [-0.15, -0.1) is 0 Å². The minimum absolute atomic E-state index is 0.332. The fourth-order valence-corrected chi connectivity index (χ4v) is 3.21. The summed E-state index contributed by atoms with van der Waals surface area (Å²) in [6.45, 7) is 1.87. The second kappa shape index (κ2) is 6.22. The lowest BCUT2D eigenvalue weighted by atomic mass is 9.94. The molecule has 1 heterocycles. The van der Waals surface area contributed by atoms with E-state index in [-0.39, 0.29) is 6.04 Å². The molecule has 0 aromatic heterocycles. The maximum Gasteiger partial charge on any atom is 0.248 e. The first-order chi connectivity index (χ1) is 11.1. The van der Waals surface area contributed by atoms with Crippen LogP contribution in [0.1, 0.15) is 18.5 Å². The van der Waals surface area contributed by atoms with Gasteiger partial charge in [-0.25, -0.2) is 0 Å². The van der Waals surface area contributed by atoms with E-state index < -0.39 is 5.91 Å². The van der Waals surface area contributed by atoms with Gasteiger partial charge in [0.15, 0.2) is 5.11 Å². The molecular weight excluding hydrogens is 306 g/mol. The SMILES string of the molecule is CC1=C(C(N)=O)C(c2ccccc2)NC(=S)N1c1ccccc1. The van der Waals surface area contributed by atoms with Crippen molar-refractivity contribution in [3.63, 3.8) is 0 Å². The van der Waals surface area contributed by atoms with Gasteiger partial charge in [-0.1, -0.05) is 48.5 Å². The van der Waals surface area contributed by atoms with Crippen molar-refractivity contribution in [2.75, 3.05) is 4.90 Å². The zero-order valence-corrected chi connectivity index (χ0v) is 13.5. The summed E-state index contributed by atoms with van der Waals surface area (Å²) in [5.41, 5.74) is 8.79. The Kier molecular flexibility index (Phi) is 4.12. The molecule has 2 aromatic rings. The van der Waals surface area contributed by atoms with Crippen LogP contribution in [-0.2, 0) is 4.79 Å². The molecule has 1 aliphatic rings. The van der Waals surface area contributed by atoms with Crippen molar-refractivity contribution in [3.8, 4) is 0 Å². The van der Waals surface area contributed by atoms with Crippen LogP contribution < -0.4 is 16.0 Å². The molecule has 0 bridgehead atoms. The number of nitrogens with zero attached hydrogens (tertiary/aromatic N) is 1. The number of carbonyl (C=O) groups excluding carboxylic acids is 1. The smallest absolute Gasteiger partial charge is 0.248 e. The number of hydrogen-bond donors (Lipinski definition) is 2. The molecule has 0 saturated heterocycles. The molecule has 0 spiro atoms. The Balaban J connectivity index is 2.12. The van der Waals surface area contributed by atoms with Gasteiger partial charge in [-0.3, -0.25) is 9.69 Å². The number of amides is 1. The number of primary amides is 1. The lowest BCUT2D eigenvalue weighted by molar-refractivity contribution is -0.115. The van der Waals surface area contributed by atoms with E-state index in [2.05, 4.69) is 5.32 Å². The van der Waals surface area contributed by atoms with E-state index in [1.807, 2.05) is 72.5 Å². The van der Waals surface area contributed by atoms with E-state index in [1.165, 1.54) is 0 Å². The summed E-state index contributed by atoms with van der Waals surface area (Å²) in [6, 6.07) is 19.0. The van der Waals surface area contributed by atoms with Crippen molar-refractivity contribution in [2.45, 2.75) is 13.0 Å². The number of para-hydroxylation sites is 1. The van der Waals surface area contributed by atoms with Crippen LogP contribution in [0.2, 0.25) is 0 Å². The molecule has 1 unspecified atom stereocenters. The lowest BCUT2D eigenvalue weighted by Gasteiger charge is -2.37. The largest absolute Gasteiger partial charge is 0.366 e. The van der Waals surface area contributed by atoms with Crippen LogP contribution in [-0.4, -0.2) is 11.0 Å². The minimum Gasteiger partial charge on any atom is -0.366 e. The third-order valence-corrected chi connectivity index (χ3v) is 4.20. The Labute approximate surface area is 140 Å². The number of rotatable bonds is 3. The average molecular weight is 323 g/mol. The molecule has 116 valence electrons. The van der Waals surface area contributed by atoms with E-state index in [0.717, 1.165) is 16.9 Å². The summed E-state index contributed by atoms with van der Waals surface area (Å²) in [6.07, 6.45) is 0. The number of anilines is 1. The molecular formula is C18H17N3OS. The normalized spacial score (nSPS) is 17.9. The van der Waals surface area contributed by atoms with Crippen molar-refractivity contribution in [1.82, 2.24) is 5.32 Å². The van der Waals surface area contributed by atoms with Crippen LogP contribution in [0.15, 0.2) is 71.9 Å². The Morgan fingerprint density at radius 3 is 2.22 bits per heavy atom. The number of nitrogens with two attached hydrogens (primary N) is 1. The zero-order valence-electron chi connectivity index (χ0n) is 12.7. The second-order valence-corrected chi connectivity index (χ2v) is 5.71. The first-order valence-corrected chi connectivity index (χ1v) is 7.71. The first kappa shape index (κ1) is 15.2. The number of hydrogen-bond acceptors (Lipinski definition) is 2. The minimum atomic E-state index is -0.452. The molecule has 5 heteroatoms. The number of carbonyl (C=O) groups is 1.